The van der Waals surface area contributed by atoms with Gasteiger partial charge in [0, 0.05) is 30.6 Å². The molecule has 3 rings (SSSR count). The Balaban J connectivity index is 0.000000945. The van der Waals surface area contributed by atoms with Gasteiger partial charge in [-0.1, -0.05) is 25.5 Å². The lowest BCUT2D eigenvalue weighted by Gasteiger charge is -2.13. The summed E-state index contributed by atoms with van der Waals surface area (Å²) in [7, 11) is -2.61. The molecule has 0 unspecified atom stereocenters. The standard InChI is InChI=1S/C23H24F2N4O.HNO2S/c1-2-3-4-15-5-7-19(8-6-15)29-22-12-21(20(14-28-22)23(26)30)27-13-16-9-17(24)11-18(25)10-16;1-4(2)3/h5-12,14H,2-4,13H2,1H3,(H2,26,30)(H2,27,28,29);1H. The van der Waals surface area contributed by atoms with Crippen LogP contribution in [0.2, 0.25) is 0 Å². The van der Waals surface area contributed by atoms with Crippen LogP contribution in [0.5, 0.6) is 0 Å². The summed E-state index contributed by atoms with van der Waals surface area (Å²) in [6.45, 7) is 2.28. The number of amides is 1. The van der Waals surface area contributed by atoms with E-state index < -0.39 is 28.0 Å². The van der Waals surface area contributed by atoms with Gasteiger partial charge in [-0.15, -0.1) is 0 Å². The van der Waals surface area contributed by atoms with E-state index in [-0.39, 0.29) is 12.1 Å². The molecule has 180 valence electrons. The topological polar surface area (TPSA) is 138 Å². The first-order valence-electron chi connectivity index (χ1n) is 10.3. The molecule has 0 aliphatic rings. The van der Waals surface area contributed by atoms with Crippen molar-refractivity contribution >= 4 is 33.6 Å². The van der Waals surface area contributed by atoms with E-state index in [0.717, 1.165) is 31.0 Å². The average molecular weight is 490 g/mol. The number of anilines is 3. The Morgan fingerprint density at radius 2 is 1.68 bits per heavy atom. The monoisotopic (exact) mass is 489 g/mol. The molecule has 34 heavy (non-hydrogen) atoms. The van der Waals surface area contributed by atoms with Crippen LogP contribution < -0.4 is 16.4 Å². The van der Waals surface area contributed by atoms with E-state index >= 15 is 0 Å². The summed E-state index contributed by atoms with van der Waals surface area (Å²) in [4.78, 5) is 16.0. The Labute approximate surface area is 197 Å². The van der Waals surface area contributed by atoms with E-state index in [1.165, 1.54) is 23.9 Å². The summed E-state index contributed by atoms with van der Waals surface area (Å²) < 4.78 is 49.6. The first-order chi connectivity index (χ1) is 16.2. The number of nitrogens with zero attached hydrogens (tertiary/aromatic N) is 1. The van der Waals surface area contributed by atoms with E-state index in [9.17, 15) is 13.6 Å². The third kappa shape index (κ3) is 8.94. The van der Waals surface area contributed by atoms with Crippen LogP contribution in [0.15, 0.2) is 54.7 Å². The van der Waals surface area contributed by atoms with E-state index in [1.54, 1.807) is 6.07 Å². The van der Waals surface area contributed by atoms with Crippen molar-refractivity contribution in [3.05, 3.63) is 83.1 Å². The third-order valence-electron chi connectivity index (χ3n) is 4.62. The summed E-state index contributed by atoms with van der Waals surface area (Å²) in [6, 6.07) is 13.0. The number of carbonyl (C=O) groups is 1. The lowest BCUT2D eigenvalue weighted by atomic mass is 10.1. The molecule has 2 aromatic carbocycles. The van der Waals surface area contributed by atoms with Gasteiger partial charge in [0.2, 0.25) is 0 Å². The normalized spacial score (nSPS) is 10.1. The Hall–Kier alpha value is -3.86. The summed E-state index contributed by atoms with van der Waals surface area (Å²) in [6.07, 6.45) is 4.70. The maximum Gasteiger partial charge on any atom is 0.308 e. The van der Waals surface area contributed by atoms with Crippen LogP contribution in [-0.2, 0) is 23.5 Å². The smallest absolute Gasteiger partial charge is 0.308 e. The molecule has 0 saturated heterocycles. The van der Waals surface area contributed by atoms with E-state index in [0.29, 0.717) is 17.1 Å². The highest BCUT2D eigenvalue weighted by molar-refractivity contribution is 7.60. The average Bonchev–Trinajstić information content (AvgIpc) is 2.76. The van der Waals surface area contributed by atoms with Gasteiger partial charge in [-0.05, 0) is 48.2 Å². The minimum atomic E-state index is -2.61. The van der Waals surface area contributed by atoms with Crippen molar-refractivity contribution in [3.8, 4) is 0 Å². The molecular weight excluding hydrogens is 464 g/mol. The van der Waals surface area contributed by atoms with Crippen LogP contribution in [0.3, 0.4) is 0 Å². The molecule has 8 nitrogen and oxygen atoms in total. The van der Waals surface area contributed by atoms with Gasteiger partial charge < -0.3 is 16.4 Å². The molecule has 0 atom stereocenters. The summed E-state index contributed by atoms with van der Waals surface area (Å²) in [5.74, 6) is -1.47. The van der Waals surface area contributed by atoms with Gasteiger partial charge >= 0.3 is 10.5 Å². The second-order valence-electron chi connectivity index (χ2n) is 7.27. The minimum Gasteiger partial charge on any atom is -0.380 e. The van der Waals surface area contributed by atoms with Crippen LogP contribution in [0.25, 0.3) is 0 Å². The van der Waals surface area contributed by atoms with Crippen molar-refractivity contribution in [3.63, 3.8) is 0 Å². The van der Waals surface area contributed by atoms with Crippen LogP contribution in [0.1, 0.15) is 41.3 Å². The largest absolute Gasteiger partial charge is 0.380 e. The Kier molecular flexibility index (Phi) is 10.1. The van der Waals surface area contributed by atoms with Gasteiger partial charge in [0.1, 0.15) is 17.5 Å². The van der Waals surface area contributed by atoms with Crippen LogP contribution >= 0.6 is 0 Å². The van der Waals surface area contributed by atoms with E-state index in [1.807, 2.05) is 12.1 Å². The maximum absolute atomic E-state index is 13.4. The van der Waals surface area contributed by atoms with Gasteiger partial charge in [-0.3, -0.25) is 4.79 Å². The molecule has 5 N–H and O–H groups in total. The predicted octanol–water partition coefficient (Wildman–Crippen LogP) is 4.78. The van der Waals surface area contributed by atoms with E-state index in [2.05, 4.69) is 34.7 Å². The van der Waals surface area contributed by atoms with Gasteiger partial charge in [0.05, 0.1) is 11.3 Å². The number of primary amides is 1. The van der Waals surface area contributed by atoms with Crippen molar-refractivity contribution in [2.24, 2.45) is 5.73 Å². The van der Waals surface area contributed by atoms with Crippen LogP contribution in [0, 0.1) is 16.4 Å². The lowest BCUT2D eigenvalue weighted by Crippen LogP contribution is -2.15. The molecule has 0 saturated carbocycles. The maximum atomic E-state index is 13.4. The number of benzene rings is 2. The van der Waals surface area contributed by atoms with Crippen molar-refractivity contribution in [1.29, 1.82) is 4.78 Å². The van der Waals surface area contributed by atoms with Gasteiger partial charge in [-0.25, -0.2) is 13.8 Å². The van der Waals surface area contributed by atoms with E-state index in [4.69, 9.17) is 18.9 Å². The van der Waals surface area contributed by atoms with Gasteiger partial charge in [0.15, 0.2) is 0 Å². The third-order valence-corrected chi connectivity index (χ3v) is 4.62. The fourth-order valence-corrected chi connectivity index (χ4v) is 3.06. The number of pyridine rings is 1. The molecule has 0 aliphatic carbocycles. The molecule has 0 radical (unpaired) electrons. The van der Waals surface area contributed by atoms with Crippen molar-refractivity contribution < 1.29 is 22.0 Å². The Bertz CT molecular complexity index is 1210. The molecule has 0 bridgehead atoms. The quantitative estimate of drug-likeness (QED) is 0.341. The highest BCUT2D eigenvalue weighted by Gasteiger charge is 2.11. The number of halogens is 2. The molecule has 1 heterocycles. The molecule has 0 spiro atoms. The van der Waals surface area contributed by atoms with Crippen LogP contribution in [-0.4, -0.2) is 19.3 Å². The molecule has 0 aliphatic heterocycles. The van der Waals surface area contributed by atoms with Gasteiger partial charge in [-0.2, -0.15) is 13.2 Å². The fraction of sp³-hybridized carbons (Fsp3) is 0.217. The first kappa shape index (κ1) is 26.4. The predicted molar refractivity (Wildman–Crippen MR) is 126 cm³/mol. The highest BCUT2D eigenvalue weighted by atomic mass is 32.2. The molecular formula is C23H25F2N5O3S. The van der Waals surface area contributed by atoms with Crippen molar-refractivity contribution in [1.82, 2.24) is 4.98 Å². The number of aromatic nitrogens is 1. The number of rotatable bonds is 9. The zero-order valence-electron chi connectivity index (χ0n) is 18.4. The summed E-state index contributed by atoms with van der Waals surface area (Å²) in [5.41, 5.74) is 8.56. The van der Waals surface area contributed by atoms with Crippen LogP contribution in [0.4, 0.5) is 26.0 Å². The fourth-order valence-electron chi connectivity index (χ4n) is 3.06. The zero-order valence-corrected chi connectivity index (χ0v) is 19.3. The molecule has 1 aromatic heterocycles. The number of aryl methyl sites for hydroxylation is 1. The molecule has 1 amide bonds. The number of carbonyl (C=O) groups excluding carboxylic acids is 1. The zero-order chi connectivity index (χ0) is 25.1. The Morgan fingerprint density at radius 3 is 2.24 bits per heavy atom. The number of hydrogen-bond donors (Lipinski definition) is 4. The number of unbranched alkanes of at least 4 members (excludes halogenated alkanes) is 1. The first-order valence-corrected chi connectivity index (χ1v) is 11.4. The number of hydrogen-bond acceptors (Lipinski definition) is 7. The lowest BCUT2D eigenvalue weighted by molar-refractivity contribution is 0.100. The summed E-state index contributed by atoms with van der Waals surface area (Å²) in [5, 5.41) is 6.20. The number of nitrogens with one attached hydrogen (secondary N) is 3. The van der Waals surface area contributed by atoms with Crippen molar-refractivity contribution in [2.45, 2.75) is 32.7 Å². The second-order valence-corrected chi connectivity index (χ2v) is 7.74. The number of nitrogens with two attached hydrogens (primary N) is 1. The highest BCUT2D eigenvalue weighted by Crippen LogP contribution is 2.23. The molecule has 11 heteroatoms. The Morgan fingerprint density at radius 1 is 1.06 bits per heavy atom. The second kappa shape index (κ2) is 13.0. The molecule has 0 fully saturated rings. The minimum absolute atomic E-state index is 0.116. The summed E-state index contributed by atoms with van der Waals surface area (Å²) >= 11 is 0. The van der Waals surface area contributed by atoms with Crippen molar-refractivity contribution in [2.75, 3.05) is 10.6 Å². The SMILES string of the molecule is CCCCc1ccc(Nc2cc(NCc3cc(F)cc(F)c3)c(C(N)=O)cn2)cc1.N=S(=O)=O. The van der Waals surface area contributed by atoms with Gasteiger partial charge in [0.25, 0.3) is 5.91 Å². The molecule has 3 aromatic rings.